The lowest BCUT2D eigenvalue weighted by Crippen LogP contribution is -2.41. The second-order valence-corrected chi connectivity index (χ2v) is 37.9. The van der Waals surface area contributed by atoms with Crippen LogP contribution in [0.1, 0.15) is 146 Å². The summed E-state index contributed by atoms with van der Waals surface area (Å²) >= 11 is 0. The Hall–Kier alpha value is -5.09. The van der Waals surface area contributed by atoms with E-state index in [-0.39, 0.29) is 75.5 Å². The van der Waals surface area contributed by atoms with Crippen molar-refractivity contribution in [2.45, 2.75) is 201 Å². The van der Waals surface area contributed by atoms with E-state index in [1.165, 1.54) is 56.9 Å². The Morgan fingerprint density at radius 2 is 0.627 bits per heavy atom. The average molecular weight is 1240 g/mol. The molecule has 0 fully saturated rings. The van der Waals surface area contributed by atoms with Crippen molar-refractivity contribution in [2.24, 2.45) is 5.92 Å². The van der Waals surface area contributed by atoms with Crippen molar-refractivity contribution < 1.29 is 104 Å². The van der Waals surface area contributed by atoms with Crippen LogP contribution in [0.5, 0.6) is 0 Å². The molecule has 0 rings (SSSR count). The first kappa shape index (κ1) is 84.4. The Morgan fingerprint density at radius 3 is 0.855 bits per heavy atom. The van der Waals surface area contributed by atoms with E-state index in [9.17, 15) is 47.9 Å². The molecule has 83 heavy (non-hydrogen) atoms. The number of rotatable bonds is 30. The molecule has 0 unspecified atom stereocenters. The van der Waals surface area contributed by atoms with E-state index < -0.39 is 84.4 Å². The summed E-state index contributed by atoms with van der Waals surface area (Å²) in [4.78, 5) is 116. The molecule has 0 aliphatic heterocycles. The third-order valence-corrected chi connectivity index (χ3v) is 28.2. The predicted molar refractivity (Wildman–Crippen MR) is 321 cm³/mol. The Labute approximate surface area is 499 Å². The van der Waals surface area contributed by atoms with E-state index in [0.29, 0.717) is 51.9 Å². The quantitative estimate of drug-likeness (QED) is 0.0123. The van der Waals surface area contributed by atoms with Gasteiger partial charge in [0.2, 0.25) is 0 Å². The van der Waals surface area contributed by atoms with E-state index >= 15 is 0 Å². The SMILES string of the molecule is CCC(=O)OC.COC(=O)C(=O)[C@@H](CCCCO[Si](C)(C)C(C)(C)C)C(=O)OC.COC(=O)C/C(C(=O)OC)=C(/CCCCO[Si](C)(C)C(C)(C)C)C(=O)OC.COC(=O)C/C(C(=O)OC)=C(\CCCCO[Si](C)(C)C(C)(C)C)C(=O)OC. The van der Waals surface area contributed by atoms with Gasteiger partial charge in [-0.1, -0.05) is 69.2 Å². The molecule has 0 aromatic rings. The van der Waals surface area contributed by atoms with Crippen LogP contribution in [0.25, 0.3) is 0 Å². The van der Waals surface area contributed by atoms with Gasteiger partial charge in [0.15, 0.2) is 25.0 Å². The first-order valence-electron chi connectivity index (χ1n) is 27.7. The third-order valence-electron chi connectivity index (χ3n) is 14.6. The fourth-order valence-corrected chi connectivity index (χ4v) is 9.32. The number of Topliss-reactive ketones (excluding diaryl/α,β-unsaturated/α-hetero) is 1. The second-order valence-electron chi connectivity index (χ2n) is 23.5. The highest BCUT2D eigenvalue weighted by molar-refractivity contribution is 6.74. The summed E-state index contributed by atoms with van der Waals surface area (Å²) < 4.78 is 59.7. The molecular formula is C58H106O22Si3. The van der Waals surface area contributed by atoms with Crippen LogP contribution in [0.4, 0.5) is 0 Å². The normalized spacial score (nSPS) is 12.6. The van der Waals surface area contributed by atoms with Crippen LogP contribution in [0.3, 0.4) is 0 Å². The number of methoxy groups -OCH3 is 9. The zero-order valence-electron chi connectivity index (χ0n) is 55.2. The van der Waals surface area contributed by atoms with Crippen molar-refractivity contribution in [2.75, 3.05) is 83.8 Å². The summed E-state index contributed by atoms with van der Waals surface area (Å²) in [6.45, 7) is 36.1. The standard InChI is InChI=1S/2C19H34O7Si.C16H30O6Si.C4H8O2/c2*1-19(2,3)27(7,8)26-12-10-9-11-14(17(21)24-5)15(18(22)25-6)13-16(20)23-4;1-16(2,3)23(6,7)22-11-9-8-10-12(14(18)20-4)13(17)15(19)21-5;1-3-4(5)6-2/h2*9-13H2,1-8H3;12H,8-11H2,1-7H3;3H2,1-2H3/b15-14+;15-14-;;/t;;12-;/m..1./s1. The van der Waals surface area contributed by atoms with Gasteiger partial charge in [-0.05, 0) is 112 Å². The molecule has 0 bridgehead atoms. The van der Waals surface area contributed by atoms with Crippen LogP contribution >= 0.6 is 0 Å². The summed E-state index contributed by atoms with van der Waals surface area (Å²) in [5, 5.41) is 0.397. The number of carbonyl (C=O) groups excluding carboxylic acids is 10. The van der Waals surface area contributed by atoms with Crippen molar-refractivity contribution in [3.05, 3.63) is 22.3 Å². The van der Waals surface area contributed by atoms with Gasteiger partial charge in [-0.2, -0.15) is 0 Å². The largest absolute Gasteiger partial charge is 0.469 e. The Balaban J connectivity index is -0.000000537. The molecule has 0 aromatic carbocycles. The van der Waals surface area contributed by atoms with Crippen molar-refractivity contribution in [3.63, 3.8) is 0 Å². The average Bonchev–Trinajstić information content (AvgIpc) is 3.43. The molecule has 482 valence electrons. The summed E-state index contributed by atoms with van der Waals surface area (Å²) in [7, 11) is 5.54. The van der Waals surface area contributed by atoms with Crippen molar-refractivity contribution in [1.82, 2.24) is 0 Å². The van der Waals surface area contributed by atoms with Crippen LogP contribution in [0.15, 0.2) is 22.3 Å². The van der Waals surface area contributed by atoms with Gasteiger partial charge in [-0.25, -0.2) is 24.0 Å². The highest BCUT2D eigenvalue weighted by Crippen LogP contribution is 2.38. The molecule has 0 saturated heterocycles. The smallest absolute Gasteiger partial charge is 0.375 e. The minimum absolute atomic E-state index is 0.0264. The molecule has 0 heterocycles. The lowest BCUT2D eigenvalue weighted by atomic mass is 9.97. The Bertz CT molecular complexity index is 2020. The lowest BCUT2D eigenvalue weighted by Gasteiger charge is -2.36. The molecule has 1 atom stereocenters. The van der Waals surface area contributed by atoms with Crippen molar-refractivity contribution in [3.8, 4) is 0 Å². The minimum Gasteiger partial charge on any atom is -0.469 e. The van der Waals surface area contributed by atoms with Crippen LogP contribution in [-0.2, 0) is 104 Å². The van der Waals surface area contributed by atoms with Crippen LogP contribution in [0, 0.1) is 5.92 Å². The number of carbonyl (C=O) groups is 10. The molecule has 0 saturated carbocycles. The van der Waals surface area contributed by atoms with E-state index in [0.717, 1.165) is 20.0 Å². The van der Waals surface area contributed by atoms with E-state index in [1.807, 2.05) is 0 Å². The van der Waals surface area contributed by atoms with Gasteiger partial charge in [-0.3, -0.25) is 24.0 Å². The number of hydrogen-bond donors (Lipinski definition) is 0. The van der Waals surface area contributed by atoms with Gasteiger partial charge in [-0.15, -0.1) is 0 Å². The first-order valence-corrected chi connectivity index (χ1v) is 36.4. The number of unbranched alkanes of at least 4 members (excludes halogenated alkanes) is 3. The molecule has 0 aliphatic rings. The Morgan fingerprint density at radius 1 is 0.349 bits per heavy atom. The van der Waals surface area contributed by atoms with Crippen LogP contribution in [-0.4, -0.2) is 168 Å². The first-order chi connectivity index (χ1) is 38.1. The monoisotopic (exact) mass is 1240 g/mol. The molecule has 0 spiro atoms. The summed E-state index contributed by atoms with van der Waals surface area (Å²) in [5.74, 6) is -7.86. The molecular weight excluding hydrogens is 1130 g/mol. The maximum atomic E-state index is 12.1. The minimum atomic E-state index is -1.82. The summed E-state index contributed by atoms with van der Waals surface area (Å²) in [6, 6.07) is 0. The molecule has 22 nitrogen and oxygen atoms in total. The lowest BCUT2D eigenvalue weighted by molar-refractivity contribution is -0.160. The van der Waals surface area contributed by atoms with Gasteiger partial charge in [0.05, 0.1) is 88.0 Å². The van der Waals surface area contributed by atoms with E-state index in [2.05, 4.69) is 125 Å². The van der Waals surface area contributed by atoms with Gasteiger partial charge in [0.1, 0.15) is 5.92 Å². The second kappa shape index (κ2) is 41.8. The highest BCUT2D eigenvalue weighted by Gasteiger charge is 2.39. The molecule has 0 amide bonds. The van der Waals surface area contributed by atoms with Crippen molar-refractivity contribution in [1.29, 1.82) is 0 Å². The fourth-order valence-electron chi connectivity index (χ4n) is 6.06. The van der Waals surface area contributed by atoms with Crippen molar-refractivity contribution >= 4 is 84.5 Å². The maximum Gasteiger partial charge on any atom is 0.375 e. The maximum absolute atomic E-state index is 12.1. The van der Waals surface area contributed by atoms with Crippen LogP contribution < -0.4 is 0 Å². The molecule has 0 N–H and O–H groups in total. The summed E-state index contributed by atoms with van der Waals surface area (Å²) in [5.41, 5.74) is 0.229. The van der Waals surface area contributed by atoms with Gasteiger partial charge >= 0.3 is 53.7 Å². The van der Waals surface area contributed by atoms with Crippen LogP contribution in [0.2, 0.25) is 54.4 Å². The topological polar surface area (TPSA) is 281 Å². The zero-order valence-corrected chi connectivity index (χ0v) is 58.2. The number of ether oxygens (including phenoxy) is 9. The third kappa shape index (κ3) is 33.9. The molecule has 0 radical (unpaired) electrons. The predicted octanol–water partition coefficient (Wildman–Crippen LogP) is 10.0. The molecule has 25 heteroatoms. The summed E-state index contributed by atoms with van der Waals surface area (Å²) in [6.07, 6.45) is 4.59. The number of hydrogen-bond acceptors (Lipinski definition) is 22. The number of ketones is 1. The zero-order chi connectivity index (χ0) is 65.8. The van der Waals surface area contributed by atoms with E-state index in [4.69, 9.17) is 32.2 Å². The molecule has 0 aliphatic carbocycles. The number of esters is 9. The fraction of sp³-hybridized carbons (Fsp3) is 0.759. The highest BCUT2D eigenvalue weighted by atomic mass is 28.4. The molecule has 0 aromatic heterocycles. The van der Waals surface area contributed by atoms with Gasteiger partial charge in [0, 0.05) is 37.4 Å². The Kier molecular flexibility index (Phi) is 42.5. The van der Waals surface area contributed by atoms with E-state index in [1.54, 1.807) is 6.92 Å². The van der Waals surface area contributed by atoms with Gasteiger partial charge < -0.3 is 55.9 Å². The van der Waals surface area contributed by atoms with Gasteiger partial charge in [0.25, 0.3) is 5.78 Å².